The quantitative estimate of drug-likeness (QED) is 0.587. The molecule has 1 unspecified atom stereocenters. The molecule has 18 heavy (non-hydrogen) atoms. The molecule has 1 atom stereocenters. The summed E-state index contributed by atoms with van der Waals surface area (Å²) >= 11 is 0. The van der Waals surface area contributed by atoms with Crippen LogP contribution in [0.5, 0.6) is 0 Å². The zero-order valence-electron chi connectivity index (χ0n) is 12.3. The van der Waals surface area contributed by atoms with Crippen LogP contribution in [0.2, 0.25) is 0 Å². The van der Waals surface area contributed by atoms with E-state index in [0.717, 1.165) is 36.1 Å². The molecule has 2 saturated carbocycles. The molecule has 2 aliphatic carbocycles. The Bertz CT molecular complexity index is 219. The molecule has 2 fully saturated rings. The summed E-state index contributed by atoms with van der Waals surface area (Å²) < 4.78 is 0. The Labute approximate surface area is 113 Å². The topological polar surface area (TPSA) is 38.0 Å². The lowest BCUT2D eigenvalue weighted by atomic mass is 9.94. The van der Waals surface area contributed by atoms with E-state index in [4.69, 9.17) is 5.73 Å². The maximum atomic E-state index is 5.85. The summed E-state index contributed by atoms with van der Waals surface area (Å²) in [6.45, 7) is 7.89. The summed E-state index contributed by atoms with van der Waals surface area (Å²) in [6.07, 6.45) is 8.55. The van der Waals surface area contributed by atoms with Crippen molar-refractivity contribution in [3.8, 4) is 0 Å². The van der Waals surface area contributed by atoms with Gasteiger partial charge in [0.1, 0.15) is 0 Å². The van der Waals surface area contributed by atoms with Crippen molar-refractivity contribution in [3.05, 3.63) is 0 Å². The van der Waals surface area contributed by atoms with Crippen LogP contribution in [-0.2, 0) is 0 Å². The minimum atomic E-state index is 0.720. The fourth-order valence-corrected chi connectivity index (χ4v) is 3.34. The second kappa shape index (κ2) is 6.91. The van der Waals surface area contributed by atoms with E-state index in [1.807, 2.05) is 0 Å². The van der Waals surface area contributed by atoms with Crippen molar-refractivity contribution < 1.29 is 0 Å². The zero-order chi connectivity index (χ0) is 13.0. The van der Waals surface area contributed by atoms with Gasteiger partial charge >= 0.3 is 0 Å². The van der Waals surface area contributed by atoms with E-state index in [0.29, 0.717) is 0 Å². The lowest BCUT2D eigenvalue weighted by molar-refractivity contribution is 0.351. The van der Waals surface area contributed by atoms with Gasteiger partial charge in [-0.2, -0.15) is 0 Å². The van der Waals surface area contributed by atoms with Crippen LogP contribution in [0, 0.1) is 29.6 Å². The minimum absolute atomic E-state index is 0.720. The summed E-state index contributed by atoms with van der Waals surface area (Å²) in [4.78, 5) is 0. The average Bonchev–Trinajstić information content (AvgIpc) is 3.18. The third kappa shape index (κ3) is 4.89. The van der Waals surface area contributed by atoms with Crippen molar-refractivity contribution >= 4 is 0 Å². The maximum Gasteiger partial charge on any atom is -0.00152 e. The zero-order valence-corrected chi connectivity index (χ0v) is 12.3. The Morgan fingerprint density at radius 3 is 2.17 bits per heavy atom. The first-order chi connectivity index (χ1) is 8.70. The number of nitrogens with one attached hydrogen (secondary N) is 1. The molecule has 0 spiro atoms. The third-order valence-electron chi connectivity index (χ3n) is 4.70. The molecule has 2 nitrogen and oxygen atoms in total. The Hall–Kier alpha value is -0.0800. The summed E-state index contributed by atoms with van der Waals surface area (Å²) in [5.74, 6) is 4.66. The highest BCUT2D eigenvalue weighted by Crippen LogP contribution is 2.48. The van der Waals surface area contributed by atoms with Crippen molar-refractivity contribution in [3.63, 3.8) is 0 Å². The van der Waals surface area contributed by atoms with Crippen molar-refractivity contribution in [1.82, 2.24) is 5.32 Å². The van der Waals surface area contributed by atoms with Gasteiger partial charge in [0.2, 0.25) is 0 Å². The smallest absolute Gasteiger partial charge is 0.00152 e. The normalized spacial score (nSPS) is 21.8. The molecule has 2 rings (SSSR count). The monoisotopic (exact) mass is 252 g/mol. The predicted molar refractivity (Wildman–Crippen MR) is 78.4 cm³/mol. The van der Waals surface area contributed by atoms with E-state index in [1.54, 1.807) is 0 Å². The van der Waals surface area contributed by atoms with Gasteiger partial charge in [0.05, 0.1) is 0 Å². The van der Waals surface area contributed by atoms with E-state index < -0.39 is 0 Å². The van der Waals surface area contributed by atoms with Crippen LogP contribution in [0.4, 0.5) is 0 Å². The minimum Gasteiger partial charge on any atom is -0.330 e. The van der Waals surface area contributed by atoms with E-state index in [1.165, 1.54) is 51.6 Å². The number of hydrogen-bond donors (Lipinski definition) is 2. The first-order valence-corrected chi connectivity index (χ1v) is 8.11. The first kappa shape index (κ1) is 14.3. The molecule has 2 heteroatoms. The molecule has 2 aliphatic rings. The molecule has 0 aliphatic heterocycles. The van der Waals surface area contributed by atoms with Crippen LogP contribution in [-0.4, -0.2) is 19.6 Å². The highest BCUT2D eigenvalue weighted by molar-refractivity contribution is 4.92. The molecule has 106 valence electrons. The number of hydrogen-bond acceptors (Lipinski definition) is 2. The van der Waals surface area contributed by atoms with Gasteiger partial charge in [-0.15, -0.1) is 0 Å². The van der Waals surface area contributed by atoms with Gasteiger partial charge in [0.25, 0.3) is 0 Å². The SMILES string of the molecule is CC(C)CC(CN)CCNCC(C1CC1)C1CC1. The second-order valence-electron chi connectivity index (χ2n) is 7.06. The predicted octanol–water partition coefficient (Wildman–Crippen LogP) is 3.02. The standard InChI is InChI=1S/C16H32N2/c1-12(2)9-13(10-17)7-8-18-11-16(14-3-4-14)15-5-6-15/h12-16,18H,3-11,17H2,1-2H3. The molecular weight excluding hydrogens is 220 g/mol. The van der Waals surface area contributed by atoms with E-state index in [-0.39, 0.29) is 0 Å². The summed E-state index contributed by atoms with van der Waals surface area (Å²) in [5, 5.41) is 3.71. The Morgan fingerprint density at radius 1 is 1.11 bits per heavy atom. The van der Waals surface area contributed by atoms with Crippen molar-refractivity contribution in [2.24, 2.45) is 35.3 Å². The molecule has 3 N–H and O–H groups in total. The molecular formula is C16H32N2. The van der Waals surface area contributed by atoms with Gasteiger partial charge in [-0.1, -0.05) is 13.8 Å². The van der Waals surface area contributed by atoms with Crippen molar-refractivity contribution in [1.29, 1.82) is 0 Å². The van der Waals surface area contributed by atoms with Crippen LogP contribution in [0.25, 0.3) is 0 Å². The van der Waals surface area contributed by atoms with Crippen LogP contribution in [0.3, 0.4) is 0 Å². The van der Waals surface area contributed by atoms with Crippen LogP contribution in [0.1, 0.15) is 52.4 Å². The molecule has 0 bridgehead atoms. The molecule has 0 aromatic rings. The average molecular weight is 252 g/mol. The van der Waals surface area contributed by atoms with Gasteiger partial charge in [0, 0.05) is 0 Å². The Morgan fingerprint density at radius 2 is 1.72 bits per heavy atom. The van der Waals surface area contributed by atoms with Crippen LogP contribution < -0.4 is 11.1 Å². The fourth-order valence-electron chi connectivity index (χ4n) is 3.34. The van der Waals surface area contributed by atoms with Gasteiger partial charge in [-0.3, -0.25) is 0 Å². The molecule has 0 heterocycles. The second-order valence-corrected chi connectivity index (χ2v) is 7.06. The highest BCUT2D eigenvalue weighted by Gasteiger charge is 2.40. The first-order valence-electron chi connectivity index (χ1n) is 8.11. The van der Waals surface area contributed by atoms with Crippen LogP contribution in [0.15, 0.2) is 0 Å². The lowest BCUT2D eigenvalue weighted by Gasteiger charge is -2.19. The van der Waals surface area contributed by atoms with E-state index >= 15 is 0 Å². The maximum absolute atomic E-state index is 5.85. The lowest BCUT2D eigenvalue weighted by Crippen LogP contribution is -2.29. The molecule has 0 aromatic carbocycles. The van der Waals surface area contributed by atoms with Gasteiger partial charge < -0.3 is 11.1 Å². The summed E-state index contributed by atoms with van der Waals surface area (Å²) in [6, 6.07) is 0. The van der Waals surface area contributed by atoms with Crippen molar-refractivity contribution in [2.45, 2.75) is 52.4 Å². The Balaban J connectivity index is 1.56. The highest BCUT2D eigenvalue weighted by atomic mass is 14.9. The molecule has 0 aromatic heterocycles. The van der Waals surface area contributed by atoms with Gasteiger partial charge in [0.15, 0.2) is 0 Å². The molecule has 0 amide bonds. The van der Waals surface area contributed by atoms with Gasteiger partial charge in [-0.25, -0.2) is 0 Å². The molecule has 0 radical (unpaired) electrons. The number of rotatable bonds is 10. The Kier molecular flexibility index (Phi) is 5.50. The van der Waals surface area contributed by atoms with Crippen molar-refractivity contribution in [2.75, 3.05) is 19.6 Å². The summed E-state index contributed by atoms with van der Waals surface area (Å²) in [5.41, 5.74) is 5.85. The van der Waals surface area contributed by atoms with E-state index in [9.17, 15) is 0 Å². The summed E-state index contributed by atoms with van der Waals surface area (Å²) in [7, 11) is 0. The van der Waals surface area contributed by atoms with E-state index in [2.05, 4.69) is 19.2 Å². The third-order valence-corrected chi connectivity index (χ3v) is 4.70. The van der Waals surface area contributed by atoms with Gasteiger partial charge in [-0.05, 0) is 87.7 Å². The fraction of sp³-hybridized carbons (Fsp3) is 1.00. The molecule has 0 saturated heterocycles. The largest absolute Gasteiger partial charge is 0.330 e. The van der Waals surface area contributed by atoms with Crippen LogP contribution >= 0.6 is 0 Å². The number of nitrogens with two attached hydrogens (primary N) is 1.